The van der Waals surface area contributed by atoms with Gasteiger partial charge in [0.25, 0.3) is 0 Å². The van der Waals surface area contributed by atoms with E-state index in [9.17, 15) is 0 Å². The minimum atomic E-state index is 0.428. The number of hydrogen-bond donors (Lipinski definition) is 0. The molecule has 2 rings (SSSR count). The maximum atomic E-state index is 6.01. The summed E-state index contributed by atoms with van der Waals surface area (Å²) >= 11 is 0. The monoisotopic (exact) mass is 323 g/mol. The summed E-state index contributed by atoms with van der Waals surface area (Å²) in [6.07, 6.45) is 8.70. The van der Waals surface area contributed by atoms with Crippen molar-refractivity contribution in [1.82, 2.24) is 4.90 Å². The summed E-state index contributed by atoms with van der Waals surface area (Å²) in [6, 6.07) is 0. The second kappa shape index (κ2) is 7.87. The molecule has 1 aliphatic heterocycles. The highest BCUT2D eigenvalue weighted by Crippen LogP contribution is 2.40. The van der Waals surface area contributed by atoms with Gasteiger partial charge in [0.05, 0.1) is 12.7 Å². The molecule has 136 valence electrons. The molecule has 2 aliphatic rings. The lowest BCUT2D eigenvalue weighted by Crippen LogP contribution is -2.45. The SMILES string of the molecule is CC(C)(C)CCC1CN(CC2CCC(C(C)(C)C)CC2)CCO1. The minimum Gasteiger partial charge on any atom is -0.376 e. The van der Waals surface area contributed by atoms with Crippen LogP contribution in [-0.2, 0) is 4.74 Å². The van der Waals surface area contributed by atoms with E-state index >= 15 is 0 Å². The van der Waals surface area contributed by atoms with Crippen LogP contribution in [0.15, 0.2) is 0 Å². The Morgan fingerprint density at radius 1 is 0.957 bits per heavy atom. The van der Waals surface area contributed by atoms with Crippen molar-refractivity contribution < 1.29 is 4.74 Å². The summed E-state index contributed by atoms with van der Waals surface area (Å²) in [5, 5.41) is 0. The van der Waals surface area contributed by atoms with Gasteiger partial charge < -0.3 is 4.74 Å². The zero-order valence-electron chi connectivity index (χ0n) is 16.7. The Labute approximate surface area is 145 Å². The Morgan fingerprint density at radius 2 is 1.61 bits per heavy atom. The van der Waals surface area contributed by atoms with Crippen molar-refractivity contribution in [2.75, 3.05) is 26.2 Å². The third-order valence-corrected chi connectivity index (χ3v) is 6.03. The molecule has 2 nitrogen and oxygen atoms in total. The van der Waals surface area contributed by atoms with Gasteiger partial charge in [-0.1, -0.05) is 41.5 Å². The fraction of sp³-hybridized carbons (Fsp3) is 1.00. The van der Waals surface area contributed by atoms with Crippen LogP contribution in [0.25, 0.3) is 0 Å². The zero-order valence-corrected chi connectivity index (χ0v) is 16.7. The van der Waals surface area contributed by atoms with Crippen LogP contribution in [0.4, 0.5) is 0 Å². The third-order valence-electron chi connectivity index (χ3n) is 6.03. The van der Waals surface area contributed by atoms with Gasteiger partial charge in [0.15, 0.2) is 0 Å². The molecule has 0 radical (unpaired) electrons. The molecule has 1 atom stereocenters. The quantitative estimate of drug-likeness (QED) is 0.690. The Morgan fingerprint density at radius 3 is 2.17 bits per heavy atom. The maximum Gasteiger partial charge on any atom is 0.0702 e. The van der Waals surface area contributed by atoms with E-state index in [1.165, 1.54) is 45.1 Å². The van der Waals surface area contributed by atoms with Crippen LogP contribution in [0.1, 0.15) is 80.1 Å². The Hall–Kier alpha value is -0.0800. The van der Waals surface area contributed by atoms with Crippen molar-refractivity contribution in [1.29, 1.82) is 0 Å². The third kappa shape index (κ3) is 6.74. The van der Waals surface area contributed by atoms with Gasteiger partial charge >= 0.3 is 0 Å². The number of morpholine rings is 1. The fourth-order valence-corrected chi connectivity index (χ4v) is 4.29. The molecule has 0 spiro atoms. The smallest absolute Gasteiger partial charge is 0.0702 e. The van der Waals surface area contributed by atoms with E-state index in [2.05, 4.69) is 46.4 Å². The molecule has 1 saturated carbocycles. The summed E-state index contributed by atoms with van der Waals surface area (Å²) in [7, 11) is 0. The normalized spacial score (nSPS) is 31.3. The van der Waals surface area contributed by atoms with E-state index in [0.29, 0.717) is 16.9 Å². The molecule has 1 unspecified atom stereocenters. The molecular formula is C21H41NO. The topological polar surface area (TPSA) is 12.5 Å². The van der Waals surface area contributed by atoms with Crippen molar-refractivity contribution in [3.05, 3.63) is 0 Å². The summed E-state index contributed by atoms with van der Waals surface area (Å²) in [5.74, 6) is 1.86. The minimum absolute atomic E-state index is 0.428. The van der Waals surface area contributed by atoms with Crippen molar-refractivity contribution in [2.45, 2.75) is 86.2 Å². The Bertz CT molecular complexity index is 344. The first-order chi connectivity index (χ1) is 10.6. The molecule has 0 amide bonds. The number of rotatable bonds is 4. The van der Waals surface area contributed by atoms with Gasteiger partial charge in [-0.25, -0.2) is 0 Å². The van der Waals surface area contributed by atoms with Crippen molar-refractivity contribution >= 4 is 0 Å². The van der Waals surface area contributed by atoms with Gasteiger partial charge in [-0.3, -0.25) is 4.90 Å². The summed E-state index contributed by atoms with van der Waals surface area (Å²) in [5.41, 5.74) is 0.930. The van der Waals surface area contributed by atoms with Gasteiger partial charge in [0.1, 0.15) is 0 Å². The highest BCUT2D eigenvalue weighted by Gasteiger charge is 2.31. The highest BCUT2D eigenvalue weighted by molar-refractivity contribution is 4.83. The van der Waals surface area contributed by atoms with Crippen LogP contribution < -0.4 is 0 Å². The van der Waals surface area contributed by atoms with E-state index in [4.69, 9.17) is 4.74 Å². The molecular weight excluding hydrogens is 282 g/mol. The van der Waals surface area contributed by atoms with Crippen molar-refractivity contribution in [3.8, 4) is 0 Å². The van der Waals surface area contributed by atoms with E-state index in [-0.39, 0.29) is 0 Å². The summed E-state index contributed by atoms with van der Waals surface area (Å²) < 4.78 is 6.01. The molecule has 0 aromatic heterocycles. The lowest BCUT2D eigenvalue weighted by Gasteiger charge is -2.40. The predicted octanol–water partition coefficient (Wildman–Crippen LogP) is 5.37. The first-order valence-corrected chi connectivity index (χ1v) is 9.97. The number of ether oxygens (including phenoxy) is 1. The average Bonchev–Trinajstić information content (AvgIpc) is 2.44. The van der Waals surface area contributed by atoms with Crippen molar-refractivity contribution in [2.24, 2.45) is 22.7 Å². The standard InChI is InChI=1S/C21H41NO/c1-20(2,3)12-11-19-16-22(13-14-23-19)15-17-7-9-18(10-8-17)21(4,5)6/h17-19H,7-16H2,1-6H3. The molecule has 2 fully saturated rings. The van der Waals surface area contributed by atoms with Gasteiger partial charge in [-0.05, 0) is 61.2 Å². The molecule has 1 aliphatic carbocycles. The second-order valence-electron chi connectivity index (χ2n) is 10.4. The molecule has 0 aromatic rings. The lowest BCUT2D eigenvalue weighted by molar-refractivity contribution is -0.0429. The predicted molar refractivity (Wildman–Crippen MR) is 99.8 cm³/mol. The number of hydrogen-bond acceptors (Lipinski definition) is 2. The van der Waals surface area contributed by atoms with Crippen LogP contribution >= 0.6 is 0 Å². The largest absolute Gasteiger partial charge is 0.376 e. The van der Waals surface area contributed by atoms with Crippen LogP contribution in [0, 0.1) is 22.7 Å². The highest BCUT2D eigenvalue weighted by atomic mass is 16.5. The van der Waals surface area contributed by atoms with Crippen molar-refractivity contribution in [3.63, 3.8) is 0 Å². The molecule has 23 heavy (non-hydrogen) atoms. The maximum absolute atomic E-state index is 6.01. The van der Waals surface area contributed by atoms with Gasteiger partial charge in [-0.15, -0.1) is 0 Å². The summed E-state index contributed by atoms with van der Waals surface area (Å²) in [6.45, 7) is 18.8. The molecule has 2 heteroatoms. The number of nitrogens with zero attached hydrogens (tertiary/aromatic N) is 1. The lowest BCUT2D eigenvalue weighted by atomic mass is 9.70. The molecule has 0 aromatic carbocycles. The zero-order chi connectivity index (χ0) is 17.1. The average molecular weight is 324 g/mol. The van der Waals surface area contributed by atoms with Crippen LogP contribution in [0.2, 0.25) is 0 Å². The van der Waals surface area contributed by atoms with Crippen LogP contribution in [0.3, 0.4) is 0 Å². The first kappa shape index (κ1) is 19.2. The van der Waals surface area contributed by atoms with E-state index in [0.717, 1.165) is 31.5 Å². The van der Waals surface area contributed by atoms with Gasteiger partial charge in [-0.2, -0.15) is 0 Å². The van der Waals surface area contributed by atoms with Crippen LogP contribution in [-0.4, -0.2) is 37.2 Å². The summed E-state index contributed by atoms with van der Waals surface area (Å²) in [4.78, 5) is 2.69. The van der Waals surface area contributed by atoms with Gasteiger partial charge in [0, 0.05) is 19.6 Å². The molecule has 0 N–H and O–H groups in total. The molecule has 0 bridgehead atoms. The van der Waals surface area contributed by atoms with Gasteiger partial charge in [0.2, 0.25) is 0 Å². The van der Waals surface area contributed by atoms with E-state index in [1.807, 2.05) is 0 Å². The Kier molecular flexibility index (Phi) is 6.58. The molecule has 1 heterocycles. The second-order valence-corrected chi connectivity index (χ2v) is 10.4. The first-order valence-electron chi connectivity index (χ1n) is 9.97. The molecule has 1 saturated heterocycles. The fourth-order valence-electron chi connectivity index (χ4n) is 4.29. The Balaban J connectivity index is 1.71. The van der Waals surface area contributed by atoms with E-state index < -0.39 is 0 Å². The van der Waals surface area contributed by atoms with E-state index in [1.54, 1.807) is 0 Å². The van der Waals surface area contributed by atoms with Crippen LogP contribution in [0.5, 0.6) is 0 Å².